The molecule has 0 atom stereocenters. The van der Waals surface area contributed by atoms with Crippen LogP contribution in [0.25, 0.3) is 0 Å². The third-order valence-electron chi connectivity index (χ3n) is 3.20. The molecule has 0 aliphatic heterocycles. The molecule has 0 amide bonds. The van der Waals surface area contributed by atoms with E-state index < -0.39 is 0 Å². The molecule has 2 aromatic rings. The third-order valence-corrected chi connectivity index (χ3v) is 4.06. The Balaban J connectivity index is 2.32. The number of aromatic nitrogens is 2. The highest BCUT2D eigenvalue weighted by Crippen LogP contribution is 2.26. The van der Waals surface area contributed by atoms with Gasteiger partial charge in [-0.15, -0.1) is 11.3 Å². The molecule has 0 spiro atoms. The number of hydrogen-bond acceptors (Lipinski definition) is 5. The quantitative estimate of drug-likeness (QED) is 0.881. The van der Waals surface area contributed by atoms with Gasteiger partial charge in [-0.3, -0.25) is 0 Å². The van der Waals surface area contributed by atoms with Crippen molar-refractivity contribution in [1.29, 1.82) is 0 Å². The van der Waals surface area contributed by atoms with Crippen LogP contribution in [0.5, 0.6) is 0 Å². The predicted octanol–water partition coefficient (Wildman–Crippen LogP) is 3.69. The van der Waals surface area contributed by atoms with Crippen molar-refractivity contribution in [3.8, 4) is 0 Å². The Morgan fingerprint density at radius 2 is 2.15 bits per heavy atom. The molecular weight excluding hydrogens is 268 g/mol. The fraction of sp³-hybridized carbons (Fsp3) is 0.467. The van der Waals surface area contributed by atoms with Crippen molar-refractivity contribution in [3.05, 3.63) is 34.3 Å². The number of anilines is 2. The van der Waals surface area contributed by atoms with Crippen molar-refractivity contribution in [3.63, 3.8) is 0 Å². The zero-order valence-corrected chi connectivity index (χ0v) is 13.4. The van der Waals surface area contributed by atoms with Gasteiger partial charge >= 0.3 is 0 Å². The maximum atomic E-state index is 4.50. The molecule has 0 aliphatic rings. The lowest BCUT2D eigenvalue weighted by atomic mass is 10.2. The molecule has 0 unspecified atom stereocenters. The molecule has 0 fully saturated rings. The van der Waals surface area contributed by atoms with E-state index in [2.05, 4.69) is 65.4 Å². The fourth-order valence-electron chi connectivity index (χ4n) is 2.15. The Bertz CT molecular complexity index is 537. The predicted molar refractivity (Wildman–Crippen MR) is 86.6 cm³/mol. The Morgan fingerprint density at radius 3 is 2.75 bits per heavy atom. The second-order valence-corrected chi connectivity index (χ2v) is 6.03. The first-order valence-electron chi connectivity index (χ1n) is 6.98. The van der Waals surface area contributed by atoms with Gasteiger partial charge in [0.2, 0.25) is 0 Å². The maximum absolute atomic E-state index is 4.50. The van der Waals surface area contributed by atoms with Gasteiger partial charge < -0.3 is 10.2 Å². The van der Waals surface area contributed by atoms with E-state index in [0.29, 0.717) is 6.04 Å². The molecule has 4 nitrogen and oxygen atoms in total. The summed E-state index contributed by atoms with van der Waals surface area (Å²) < 4.78 is 0. The van der Waals surface area contributed by atoms with Gasteiger partial charge in [0.05, 0.1) is 6.54 Å². The van der Waals surface area contributed by atoms with E-state index in [1.807, 2.05) is 0 Å². The van der Waals surface area contributed by atoms with E-state index in [9.17, 15) is 0 Å². The minimum atomic E-state index is 0.389. The van der Waals surface area contributed by atoms with Crippen LogP contribution in [-0.4, -0.2) is 22.6 Å². The molecule has 20 heavy (non-hydrogen) atoms. The van der Waals surface area contributed by atoms with Crippen LogP contribution in [0.2, 0.25) is 0 Å². The molecule has 0 aliphatic carbocycles. The van der Waals surface area contributed by atoms with Crippen LogP contribution in [0.3, 0.4) is 0 Å². The Hall–Kier alpha value is -1.62. The van der Waals surface area contributed by atoms with Crippen molar-refractivity contribution >= 4 is 23.0 Å². The summed E-state index contributed by atoms with van der Waals surface area (Å²) in [6.07, 6.45) is 1.64. The molecule has 2 heterocycles. The SMILES string of the molecule is CCNc1ncnc(N(Cc2cccs2)C(C)C)c1C. The first kappa shape index (κ1) is 14.8. The molecule has 1 N–H and O–H groups in total. The molecular formula is C15H22N4S. The molecule has 5 heteroatoms. The van der Waals surface area contributed by atoms with E-state index in [-0.39, 0.29) is 0 Å². The topological polar surface area (TPSA) is 41.1 Å². The molecule has 0 saturated carbocycles. The number of nitrogens with zero attached hydrogens (tertiary/aromatic N) is 3. The van der Waals surface area contributed by atoms with Gasteiger partial charge in [0.25, 0.3) is 0 Å². The van der Waals surface area contributed by atoms with Crippen molar-refractivity contribution in [2.24, 2.45) is 0 Å². The minimum absolute atomic E-state index is 0.389. The molecule has 2 aromatic heterocycles. The van der Waals surface area contributed by atoms with Crippen LogP contribution in [0, 0.1) is 6.92 Å². The molecule has 108 valence electrons. The first-order chi connectivity index (χ1) is 9.63. The molecule has 0 radical (unpaired) electrons. The summed E-state index contributed by atoms with van der Waals surface area (Å²) in [5.41, 5.74) is 1.11. The zero-order valence-electron chi connectivity index (χ0n) is 12.6. The van der Waals surface area contributed by atoms with Crippen LogP contribution in [-0.2, 0) is 6.54 Å². The van der Waals surface area contributed by atoms with Crippen LogP contribution < -0.4 is 10.2 Å². The van der Waals surface area contributed by atoms with E-state index in [4.69, 9.17) is 0 Å². The van der Waals surface area contributed by atoms with Gasteiger partial charge in [0, 0.05) is 23.0 Å². The fourth-order valence-corrected chi connectivity index (χ4v) is 2.85. The normalized spacial score (nSPS) is 10.8. The zero-order chi connectivity index (χ0) is 14.5. The summed E-state index contributed by atoms with van der Waals surface area (Å²) >= 11 is 1.78. The molecule has 0 aromatic carbocycles. The van der Waals surface area contributed by atoms with Gasteiger partial charge in [0.15, 0.2) is 0 Å². The average Bonchev–Trinajstić information content (AvgIpc) is 2.92. The second-order valence-electron chi connectivity index (χ2n) is 5.00. The number of thiophene rings is 1. The highest BCUT2D eigenvalue weighted by molar-refractivity contribution is 7.09. The molecule has 0 bridgehead atoms. The van der Waals surface area contributed by atoms with E-state index in [0.717, 1.165) is 30.3 Å². The first-order valence-corrected chi connectivity index (χ1v) is 7.86. The lowest BCUT2D eigenvalue weighted by Crippen LogP contribution is -2.31. The molecule has 2 rings (SSSR count). The van der Waals surface area contributed by atoms with Crippen molar-refractivity contribution < 1.29 is 0 Å². The number of nitrogens with one attached hydrogen (secondary N) is 1. The van der Waals surface area contributed by atoms with E-state index in [1.54, 1.807) is 17.7 Å². The van der Waals surface area contributed by atoms with E-state index >= 15 is 0 Å². The monoisotopic (exact) mass is 290 g/mol. The van der Waals surface area contributed by atoms with Gasteiger partial charge in [-0.05, 0) is 39.1 Å². The summed E-state index contributed by atoms with van der Waals surface area (Å²) in [6.45, 7) is 10.3. The highest BCUT2D eigenvalue weighted by atomic mass is 32.1. The van der Waals surface area contributed by atoms with Crippen LogP contribution in [0.15, 0.2) is 23.8 Å². The lowest BCUT2D eigenvalue weighted by Gasteiger charge is -2.29. The largest absolute Gasteiger partial charge is 0.370 e. The lowest BCUT2D eigenvalue weighted by molar-refractivity contribution is 0.673. The number of rotatable bonds is 6. The summed E-state index contributed by atoms with van der Waals surface area (Å²) in [5.74, 6) is 1.94. The van der Waals surface area contributed by atoms with Crippen molar-refractivity contribution in [2.45, 2.75) is 40.3 Å². The summed E-state index contributed by atoms with van der Waals surface area (Å²) in [6, 6.07) is 4.65. The minimum Gasteiger partial charge on any atom is -0.370 e. The van der Waals surface area contributed by atoms with Crippen molar-refractivity contribution in [1.82, 2.24) is 9.97 Å². The summed E-state index contributed by atoms with van der Waals surface area (Å²) in [5, 5.41) is 5.41. The van der Waals surface area contributed by atoms with Crippen molar-refractivity contribution in [2.75, 3.05) is 16.8 Å². The average molecular weight is 290 g/mol. The van der Waals surface area contributed by atoms with Gasteiger partial charge in [0.1, 0.15) is 18.0 Å². The van der Waals surface area contributed by atoms with Crippen LogP contribution in [0.1, 0.15) is 31.2 Å². The Labute approximate surface area is 124 Å². The molecule has 0 saturated heterocycles. The highest BCUT2D eigenvalue weighted by Gasteiger charge is 2.17. The standard InChI is InChI=1S/C15H22N4S/c1-5-16-14-12(4)15(18-10-17-14)19(11(2)3)9-13-7-6-8-20-13/h6-8,10-11H,5,9H2,1-4H3,(H,16,17,18). The van der Waals surface area contributed by atoms with Gasteiger partial charge in [-0.25, -0.2) is 9.97 Å². The smallest absolute Gasteiger partial charge is 0.137 e. The summed E-state index contributed by atoms with van der Waals surface area (Å²) in [7, 11) is 0. The number of hydrogen-bond donors (Lipinski definition) is 1. The Kier molecular flexibility index (Phi) is 4.95. The van der Waals surface area contributed by atoms with Crippen LogP contribution >= 0.6 is 11.3 Å². The summed E-state index contributed by atoms with van der Waals surface area (Å²) in [4.78, 5) is 12.5. The third kappa shape index (κ3) is 3.28. The Morgan fingerprint density at radius 1 is 1.35 bits per heavy atom. The maximum Gasteiger partial charge on any atom is 0.137 e. The van der Waals surface area contributed by atoms with Gasteiger partial charge in [-0.2, -0.15) is 0 Å². The second kappa shape index (κ2) is 6.70. The van der Waals surface area contributed by atoms with Gasteiger partial charge in [-0.1, -0.05) is 6.07 Å². The van der Waals surface area contributed by atoms with Crippen LogP contribution in [0.4, 0.5) is 11.6 Å². The van der Waals surface area contributed by atoms with E-state index in [1.165, 1.54) is 4.88 Å².